The van der Waals surface area contributed by atoms with Crippen molar-refractivity contribution >= 4 is 21.4 Å². The van der Waals surface area contributed by atoms with E-state index in [1.165, 1.54) is 11.3 Å². The fourth-order valence-electron chi connectivity index (χ4n) is 1.85. The van der Waals surface area contributed by atoms with Gasteiger partial charge in [-0.1, -0.05) is 6.07 Å². The quantitative estimate of drug-likeness (QED) is 0.754. The number of nitrogens with one attached hydrogen (secondary N) is 1. The van der Waals surface area contributed by atoms with E-state index in [4.69, 9.17) is 4.42 Å². The molecule has 0 aliphatic carbocycles. The van der Waals surface area contributed by atoms with E-state index in [9.17, 15) is 8.42 Å². The average molecular weight is 323 g/mol. The average Bonchev–Trinajstić information content (AvgIpc) is 3.20. The molecular formula is C13H13N3O3S2. The molecule has 3 heterocycles. The molecular weight excluding hydrogens is 310 g/mol. The highest BCUT2D eigenvalue weighted by molar-refractivity contribution is 7.91. The minimum atomic E-state index is -3.41. The molecule has 3 rings (SSSR count). The summed E-state index contributed by atoms with van der Waals surface area (Å²) in [6.07, 6.45) is 6.81. The van der Waals surface area contributed by atoms with Gasteiger partial charge in [0.25, 0.3) is 0 Å². The zero-order valence-electron chi connectivity index (χ0n) is 11.0. The van der Waals surface area contributed by atoms with Crippen LogP contribution in [0.2, 0.25) is 0 Å². The molecule has 1 N–H and O–H groups in total. The lowest BCUT2D eigenvalue weighted by Gasteiger charge is -2.04. The van der Waals surface area contributed by atoms with Gasteiger partial charge in [0.15, 0.2) is 0 Å². The van der Waals surface area contributed by atoms with Crippen LogP contribution in [0.25, 0.3) is 11.1 Å². The lowest BCUT2D eigenvalue weighted by Crippen LogP contribution is -2.26. The Morgan fingerprint density at radius 2 is 2.24 bits per heavy atom. The summed E-state index contributed by atoms with van der Waals surface area (Å²) in [5, 5.41) is 5.93. The number of aromatic nitrogens is 2. The second-order valence-electron chi connectivity index (χ2n) is 4.33. The molecule has 0 atom stereocenters. The largest absolute Gasteiger partial charge is 0.472 e. The van der Waals surface area contributed by atoms with Gasteiger partial charge in [0.2, 0.25) is 10.0 Å². The van der Waals surface area contributed by atoms with Crippen LogP contribution in [0.1, 0.15) is 0 Å². The third-order valence-corrected chi connectivity index (χ3v) is 5.74. The minimum Gasteiger partial charge on any atom is -0.472 e. The predicted octanol–water partition coefficient (Wildman–Crippen LogP) is 2.18. The van der Waals surface area contributed by atoms with Crippen molar-refractivity contribution in [2.24, 2.45) is 0 Å². The first kappa shape index (κ1) is 14.1. The van der Waals surface area contributed by atoms with Crippen molar-refractivity contribution in [1.29, 1.82) is 0 Å². The Hall–Kier alpha value is -1.90. The maximum absolute atomic E-state index is 11.9. The molecule has 8 heteroatoms. The Balaban J connectivity index is 1.59. The van der Waals surface area contributed by atoms with E-state index in [0.29, 0.717) is 10.8 Å². The molecule has 0 saturated carbocycles. The van der Waals surface area contributed by atoms with E-state index < -0.39 is 10.0 Å². The first-order chi connectivity index (χ1) is 10.1. The number of thiophene rings is 1. The maximum Gasteiger partial charge on any atom is 0.250 e. The lowest BCUT2D eigenvalue weighted by molar-refractivity contribution is 0.562. The smallest absolute Gasteiger partial charge is 0.250 e. The van der Waals surface area contributed by atoms with Crippen LogP contribution in [-0.2, 0) is 16.6 Å². The van der Waals surface area contributed by atoms with Gasteiger partial charge in [-0.25, -0.2) is 13.1 Å². The van der Waals surface area contributed by atoms with Gasteiger partial charge in [-0.15, -0.1) is 11.3 Å². The van der Waals surface area contributed by atoms with Crippen molar-refractivity contribution in [2.45, 2.75) is 10.8 Å². The number of sulfonamides is 1. The second-order valence-corrected chi connectivity index (χ2v) is 7.28. The number of hydrogen-bond acceptors (Lipinski definition) is 5. The molecule has 0 saturated heterocycles. The summed E-state index contributed by atoms with van der Waals surface area (Å²) < 4.78 is 33.5. The second kappa shape index (κ2) is 5.84. The highest BCUT2D eigenvalue weighted by Crippen LogP contribution is 2.18. The van der Waals surface area contributed by atoms with E-state index in [2.05, 4.69) is 9.82 Å². The topological polar surface area (TPSA) is 77.1 Å². The van der Waals surface area contributed by atoms with Crippen LogP contribution in [0.4, 0.5) is 0 Å². The first-order valence-electron chi connectivity index (χ1n) is 6.23. The molecule has 0 fully saturated rings. The number of hydrogen-bond donors (Lipinski definition) is 1. The van der Waals surface area contributed by atoms with Gasteiger partial charge in [0, 0.05) is 23.9 Å². The van der Waals surface area contributed by atoms with Gasteiger partial charge in [0.1, 0.15) is 4.21 Å². The number of furan rings is 1. The molecule has 0 amide bonds. The van der Waals surface area contributed by atoms with Crippen LogP contribution >= 0.6 is 11.3 Å². The Morgan fingerprint density at radius 3 is 2.95 bits per heavy atom. The first-order valence-corrected chi connectivity index (χ1v) is 8.60. The molecule has 0 bridgehead atoms. The summed E-state index contributed by atoms with van der Waals surface area (Å²) in [5.41, 5.74) is 1.88. The van der Waals surface area contributed by atoms with E-state index in [1.807, 2.05) is 12.3 Å². The van der Waals surface area contributed by atoms with Gasteiger partial charge in [-0.2, -0.15) is 5.10 Å². The Labute approximate surface area is 126 Å². The minimum absolute atomic E-state index is 0.284. The van der Waals surface area contributed by atoms with E-state index >= 15 is 0 Å². The highest BCUT2D eigenvalue weighted by Gasteiger charge is 2.14. The van der Waals surface area contributed by atoms with Crippen molar-refractivity contribution in [2.75, 3.05) is 6.54 Å². The van der Waals surface area contributed by atoms with Crippen LogP contribution in [0.15, 0.2) is 57.1 Å². The molecule has 3 aromatic heterocycles. The molecule has 0 aliphatic rings. The molecule has 0 aliphatic heterocycles. The summed E-state index contributed by atoms with van der Waals surface area (Å²) in [6.45, 7) is 0.745. The van der Waals surface area contributed by atoms with Crippen molar-refractivity contribution in [3.05, 3.63) is 48.5 Å². The Bertz CT molecular complexity index is 790. The van der Waals surface area contributed by atoms with Gasteiger partial charge in [0.05, 0.1) is 25.3 Å². The predicted molar refractivity (Wildman–Crippen MR) is 79.4 cm³/mol. The highest BCUT2D eigenvalue weighted by atomic mass is 32.2. The Kier molecular flexibility index (Phi) is 3.91. The SMILES string of the molecule is O=S(=O)(NCCn1cc(-c2ccoc2)cn1)c1cccs1. The van der Waals surface area contributed by atoms with Gasteiger partial charge in [-0.3, -0.25) is 4.68 Å². The summed E-state index contributed by atoms with van der Waals surface area (Å²) >= 11 is 1.20. The van der Waals surface area contributed by atoms with Gasteiger partial charge >= 0.3 is 0 Å². The monoisotopic (exact) mass is 323 g/mol. The molecule has 6 nitrogen and oxygen atoms in total. The third kappa shape index (κ3) is 3.23. The summed E-state index contributed by atoms with van der Waals surface area (Å²) in [5.74, 6) is 0. The maximum atomic E-state index is 11.9. The zero-order chi connectivity index (χ0) is 14.7. The zero-order valence-corrected chi connectivity index (χ0v) is 12.6. The van der Waals surface area contributed by atoms with Crippen molar-refractivity contribution < 1.29 is 12.8 Å². The van der Waals surface area contributed by atoms with E-state index in [1.54, 1.807) is 40.9 Å². The van der Waals surface area contributed by atoms with Crippen LogP contribution in [0.5, 0.6) is 0 Å². The van der Waals surface area contributed by atoms with Crippen molar-refractivity contribution in [1.82, 2.24) is 14.5 Å². The molecule has 0 radical (unpaired) electrons. The van der Waals surface area contributed by atoms with Crippen LogP contribution in [0.3, 0.4) is 0 Å². The molecule has 0 spiro atoms. The van der Waals surface area contributed by atoms with Crippen LogP contribution < -0.4 is 4.72 Å². The van der Waals surface area contributed by atoms with E-state index in [-0.39, 0.29) is 6.54 Å². The van der Waals surface area contributed by atoms with Crippen molar-refractivity contribution in [3.8, 4) is 11.1 Å². The van der Waals surface area contributed by atoms with Gasteiger partial charge < -0.3 is 4.42 Å². The normalized spacial score (nSPS) is 11.8. The molecule has 0 aromatic carbocycles. The lowest BCUT2D eigenvalue weighted by atomic mass is 10.2. The summed E-state index contributed by atoms with van der Waals surface area (Å²) in [7, 11) is -3.41. The number of nitrogens with zero attached hydrogens (tertiary/aromatic N) is 2. The fourth-order valence-corrected chi connectivity index (χ4v) is 3.90. The van der Waals surface area contributed by atoms with Crippen LogP contribution in [0, 0.1) is 0 Å². The molecule has 3 aromatic rings. The standard InChI is InChI=1S/C13H13N3O3S2/c17-21(18,13-2-1-7-20-13)15-4-5-16-9-12(8-14-16)11-3-6-19-10-11/h1-3,6-10,15H,4-5H2. The summed E-state index contributed by atoms with van der Waals surface area (Å²) in [6, 6.07) is 5.14. The van der Waals surface area contributed by atoms with E-state index in [0.717, 1.165) is 11.1 Å². The molecule has 110 valence electrons. The molecule has 21 heavy (non-hydrogen) atoms. The van der Waals surface area contributed by atoms with Crippen molar-refractivity contribution in [3.63, 3.8) is 0 Å². The molecule has 0 unspecified atom stereocenters. The van der Waals surface area contributed by atoms with Crippen LogP contribution in [-0.4, -0.2) is 24.7 Å². The Morgan fingerprint density at radius 1 is 1.33 bits per heavy atom. The fraction of sp³-hybridized carbons (Fsp3) is 0.154. The summed E-state index contributed by atoms with van der Waals surface area (Å²) in [4.78, 5) is 0. The number of rotatable bonds is 6. The van der Waals surface area contributed by atoms with Gasteiger partial charge in [-0.05, 0) is 17.5 Å². The third-order valence-electron chi connectivity index (χ3n) is 2.88.